The van der Waals surface area contributed by atoms with E-state index >= 15 is 0 Å². The third-order valence-electron chi connectivity index (χ3n) is 3.53. The molecule has 0 aromatic heterocycles. The number of nitrogens with one attached hydrogen (secondary N) is 1. The lowest BCUT2D eigenvalue weighted by Gasteiger charge is -2.28. The highest BCUT2D eigenvalue weighted by atomic mass is 14.9. The van der Waals surface area contributed by atoms with Crippen LogP contribution in [0.15, 0.2) is 12.2 Å². The Bertz CT molecular complexity index is 168. The van der Waals surface area contributed by atoms with Gasteiger partial charge < -0.3 is 5.32 Å². The molecule has 0 heterocycles. The maximum atomic E-state index is 4.03. The molecule has 1 atom stereocenters. The molecule has 0 saturated heterocycles. The zero-order chi connectivity index (χ0) is 10.4. The van der Waals surface area contributed by atoms with Gasteiger partial charge in [-0.05, 0) is 32.1 Å². The van der Waals surface area contributed by atoms with Gasteiger partial charge in [0.2, 0.25) is 0 Å². The zero-order valence-electron chi connectivity index (χ0n) is 9.81. The van der Waals surface area contributed by atoms with E-state index in [0.29, 0.717) is 6.04 Å². The SMILES string of the molecule is C=C(CC)CNC(C)C1CCCCC1. The number of hydrogen-bond donors (Lipinski definition) is 1. The summed E-state index contributed by atoms with van der Waals surface area (Å²) in [4.78, 5) is 0. The summed E-state index contributed by atoms with van der Waals surface area (Å²) in [6.45, 7) is 9.54. The number of hydrogen-bond acceptors (Lipinski definition) is 1. The van der Waals surface area contributed by atoms with Crippen LogP contribution in [0.25, 0.3) is 0 Å². The van der Waals surface area contributed by atoms with Crippen molar-refractivity contribution >= 4 is 0 Å². The molecule has 1 unspecified atom stereocenters. The second-order valence-corrected chi connectivity index (χ2v) is 4.67. The first-order valence-corrected chi connectivity index (χ1v) is 6.14. The van der Waals surface area contributed by atoms with E-state index in [4.69, 9.17) is 0 Å². The highest BCUT2D eigenvalue weighted by molar-refractivity contribution is 4.96. The predicted molar refractivity (Wildman–Crippen MR) is 63.5 cm³/mol. The molecule has 82 valence electrons. The Morgan fingerprint density at radius 3 is 2.57 bits per heavy atom. The van der Waals surface area contributed by atoms with Crippen molar-refractivity contribution in [1.29, 1.82) is 0 Å². The van der Waals surface area contributed by atoms with Gasteiger partial charge in [-0.2, -0.15) is 0 Å². The van der Waals surface area contributed by atoms with E-state index in [1.807, 2.05) is 0 Å². The fourth-order valence-electron chi connectivity index (χ4n) is 2.23. The largest absolute Gasteiger partial charge is 0.310 e. The summed E-state index contributed by atoms with van der Waals surface area (Å²) >= 11 is 0. The summed E-state index contributed by atoms with van der Waals surface area (Å²) in [6.07, 6.45) is 8.27. The lowest BCUT2D eigenvalue weighted by Crippen LogP contribution is -2.35. The highest BCUT2D eigenvalue weighted by Crippen LogP contribution is 2.26. The second-order valence-electron chi connectivity index (χ2n) is 4.67. The van der Waals surface area contributed by atoms with Gasteiger partial charge >= 0.3 is 0 Å². The van der Waals surface area contributed by atoms with E-state index in [9.17, 15) is 0 Å². The maximum absolute atomic E-state index is 4.03. The third kappa shape index (κ3) is 3.83. The topological polar surface area (TPSA) is 12.0 Å². The molecule has 1 rings (SSSR count). The van der Waals surface area contributed by atoms with Crippen molar-refractivity contribution in [2.45, 2.75) is 58.4 Å². The Hall–Kier alpha value is -0.300. The average molecular weight is 195 g/mol. The van der Waals surface area contributed by atoms with Crippen LogP contribution in [-0.4, -0.2) is 12.6 Å². The standard InChI is InChI=1S/C13H25N/c1-4-11(2)10-14-12(3)13-8-6-5-7-9-13/h12-14H,2,4-10H2,1,3H3. The maximum Gasteiger partial charge on any atom is 0.0164 e. The van der Waals surface area contributed by atoms with Crippen molar-refractivity contribution in [3.63, 3.8) is 0 Å². The van der Waals surface area contributed by atoms with Crippen LogP contribution < -0.4 is 5.32 Å². The summed E-state index contributed by atoms with van der Waals surface area (Å²) < 4.78 is 0. The van der Waals surface area contributed by atoms with Crippen LogP contribution in [-0.2, 0) is 0 Å². The summed E-state index contributed by atoms with van der Waals surface area (Å²) in [7, 11) is 0. The Labute approximate surface area is 89.0 Å². The number of rotatable bonds is 5. The molecule has 1 aliphatic rings. The molecule has 14 heavy (non-hydrogen) atoms. The second kappa shape index (κ2) is 6.23. The smallest absolute Gasteiger partial charge is 0.0164 e. The molecular weight excluding hydrogens is 170 g/mol. The lowest BCUT2D eigenvalue weighted by atomic mass is 9.84. The first-order valence-electron chi connectivity index (χ1n) is 6.14. The Balaban J connectivity index is 2.19. The van der Waals surface area contributed by atoms with Crippen molar-refractivity contribution in [3.05, 3.63) is 12.2 Å². The van der Waals surface area contributed by atoms with Crippen molar-refractivity contribution < 1.29 is 0 Å². The minimum Gasteiger partial charge on any atom is -0.310 e. The average Bonchev–Trinajstić information content (AvgIpc) is 2.26. The van der Waals surface area contributed by atoms with Gasteiger partial charge in [-0.15, -0.1) is 0 Å². The van der Waals surface area contributed by atoms with E-state index in [1.165, 1.54) is 37.7 Å². The minimum atomic E-state index is 0.679. The van der Waals surface area contributed by atoms with Crippen LogP contribution in [0.3, 0.4) is 0 Å². The molecule has 1 nitrogen and oxygen atoms in total. The Morgan fingerprint density at radius 1 is 1.36 bits per heavy atom. The van der Waals surface area contributed by atoms with Gasteiger partial charge in [-0.1, -0.05) is 38.3 Å². The Kier molecular flexibility index (Phi) is 5.24. The molecule has 0 amide bonds. The van der Waals surface area contributed by atoms with Gasteiger partial charge in [-0.3, -0.25) is 0 Å². The van der Waals surface area contributed by atoms with Crippen molar-refractivity contribution in [3.8, 4) is 0 Å². The molecule has 1 aliphatic carbocycles. The van der Waals surface area contributed by atoms with Gasteiger partial charge in [0.15, 0.2) is 0 Å². The van der Waals surface area contributed by atoms with Gasteiger partial charge in [0, 0.05) is 12.6 Å². The van der Waals surface area contributed by atoms with Crippen molar-refractivity contribution in [1.82, 2.24) is 5.32 Å². The lowest BCUT2D eigenvalue weighted by molar-refractivity contribution is 0.286. The molecule has 1 fully saturated rings. The quantitative estimate of drug-likeness (QED) is 0.662. The minimum absolute atomic E-state index is 0.679. The van der Waals surface area contributed by atoms with Crippen LogP contribution in [0.1, 0.15) is 52.4 Å². The molecule has 0 spiro atoms. The Morgan fingerprint density at radius 2 is 2.00 bits per heavy atom. The van der Waals surface area contributed by atoms with E-state index in [-0.39, 0.29) is 0 Å². The summed E-state index contributed by atoms with van der Waals surface area (Å²) in [5.74, 6) is 0.911. The van der Waals surface area contributed by atoms with Crippen LogP contribution in [0.2, 0.25) is 0 Å². The first kappa shape index (κ1) is 11.8. The molecule has 0 aromatic carbocycles. The molecule has 0 aliphatic heterocycles. The fourth-order valence-corrected chi connectivity index (χ4v) is 2.23. The van der Waals surface area contributed by atoms with Gasteiger partial charge in [0.1, 0.15) is 0 Å². The van der Waals surface area contributed by atoms with E-state index < -0.39 is 0 Å². The van der Waals surface area contributed by atoms with Crippen LogP contribution in [0.5, 0.6) is 0 Å². The van der Waals surface area contributed by atoms with E-state index in [0.717, 1.165) is 18.9 Å². The summed E-state index contributed by atoms with van der Waals surface area (Å²) in [5, 5.41) is 3.60. The molecule has 0 aromatic rings. The molecule has 0 radical (unpaired) electrons. The molecular formula is C13H25N. The molecule has 0 bridgehead atoms. The van der Waals surface area contributed by atoms with Gasteiger partial charge in [0.05, 0.1) is 0 Å². The van der Waals surface area contributed by atoms with Gasteiger partial charge in [0.25, 0.3) is 0 Å². The third-order valence-corrected chi connectivity index (χ3v) is 3.53. The van der Waals surface area contributed by atoms with Gasteiger partial charge in [-0.25, -0.2) is 0 Å². The molecule has 1 saturated carbocycles. The molecule has 1 N–H and O–H groups in total. The van der Waals surface area contributed by atoms with Crippen LogP contribution in [0.4, 0.5) is 0 Å². The molecule has 1 heteroatoms. The first-order chi connectivity index (χ1) is 6.74. The normalized spacial score (nSPS) is 20.7. The van der Waals surface area contributed by atoms with Crippen molar-refractivity contribution in [2.24, 2.45) is 5.92 Å². The predicted octanol–water partition coefficient (Wildman–Crippen LogP) is 3.51. The fraction of sp³-hybridized carbons (Fsp3) is 0.846. The van der Waals surface area contributed by atoms with Crippen LogP contribution in [0, 0.1) is 5.92 Å². The van der Waals surface area contributed by atoms with E-state index in [1.54, 1.807) is 0 Å². The highest BCUT2D eigenvalue weighted by Gasteiger charge is 2.19. The van der Waals surface area contributed by atoms with Crippen molar-refractivity contribution in [2.75, 3.05) is 6.54 Å². The zero-order valence-corrected chi connectivity index (χ0v) is 9.81. The van der Waals surface area contributed by atoms with Crippen LogP contribution >= 0.6 is 0 Å². The summed E-state index contributed by atoms with van der Waals surface area (Å²) in [5.41, 5.74) is 1.33. The van der Waals surface area contributed by atoms with E-state index in [2.05, 4.69) is 25.7 Å². The summed E-state index contributed by atoms with van der Waals surface area (Å²) in [6, 6.07) is 0.679. The monoisotopic (exact) mass is 195 g/mol.